The van der Waals surface area contributed by atoms with Gasteiger partial charge in [0.1, 0.15) is 5.78 Å². The minimum absolute atomic E-state index is 0.0583. The van der Waals surface area contributed by atoms with Crippen molar-refractivity contribution in [1.29, 1.82) is 0 Å². The van der Waals surface area contributed by atoms with Crippen molar-refractivity contribution in [2.75, 3.05) is 6.61 Å². The molecule has 18 heavy (non-hydrogen) atoms. The summed E-state index contributed by atoms with van der Waals surface area (Å²) < 4.78 is 4.76. The molecule has 3 nitrogen and oxygen atoms in total. The zero-order valence-electron chi connectivity index (χ0n) is 10.4. The van der Waals surface area contributed by atoms with Crippen LogP contribution in [-0.2, 0) is 20.7 Å². The second-order valence-corrected chi connectivity index (χ2v) is 4.34. The average Bonchev–Trinajstić information content (AvgIpc) is 2.36. The molecule has 0 aliphatic carbocycles. The molecule has 0 aromatic heterocycles. The van der Waals surface area contributed by atoms with Gasteiger partial charge in [0, 0.05) is 17.9 Å². The first-order valence-corrected chi connectivity index (χ1v) is 6.42. The van der Waals surface area contributed by atoms with Crippen molar-refractivity contribution < 1.29 is 14.3 Å². The van der Waals surface area contributed by atoms with E-state index < -0.39 is 0 Å². The maximum atomic E-state index is 11.6. The number of halogens is 1. The van der Waals surface area contributed by atoms with Gasteiger partial charge in [-0.2, -0.15) is 0 Å². The van der Waals surface area contributed by atoms with E-state index in [2.05, 4.69) is 0 Å². The number of benzene rings is 1. The standard InChI is InChI=1S/C14H17ClO3/c1-2-18-14(17)10-9-12(16)8-7-11-5-3-4-6-13(11)15/h3-6H,2,7-10H2,1H3. The number of hydrogen-bond donors (Lipinski definition) is 0. The Labute approximate surface area is 112 Å². The van der Waals surface area contributed by atoms with E-state index >= 15 is 0 Å². The van der Waals surface area contributed by atoms with Crippen LogP contribution in [0.15, 0.2) is 24.3 Å². The summed E-state index contributed by atoms with van der Waals surface area (Å²) in [6, 6.07) is 7.46. The number of ketones is 1. The Morgan fingerprint density at radius 2 is 1.89 bits per heavy atom. The molecule has 1 aromatic carbocycles. The molecule has 0 saturated carbocycles. The topological polar surface area (TPSA) is 43.4 Å². The van der Waals surface area contributed by atoms with Crippen LogP contribution in [0.2, 0.25) is 5.02 Å². The summed E-state index contributed by atoms with van der Waals surface area (Å²) in [6.07, 6.45) is 1.42. The highest BCUT2D eigenvalue weighted by atomic mass is 35.5. The van der Waals surface area contributed by atoms with Crippen LogP contribution in [0.1, 0.15) is 31.7 Å². The monoisotopic (exact) mass is 268 g/mol. The molecule has 0 aliphatic heterocycles. The Balaban J connectivity index is 2.29. The molecule has 0 amide bonds. The normalized spacial score (nSPS) is 10.1. The first kappa shape index (κ1) is 14.7. The Kier molecular flexibility index (Phi) is 6.44. The van der Waals surface area contributed by atoms with E-state index in [4.69, 9.17) is 16.3 Å². The lowest BCUT2D eigenvalue weighted by Gasteiger charge is -2.04. The molecule has 0 fully saturated rings. The third-order valence-electron chi connectivity index (χ3n) is 2.54. The van der Waals surface area contributed by atoms with E-state index in [1.54, 1.807) is 13.0 Å². The van der Waals surface area contributed by atoms with Gasteiger partial charge < -0.3 is 4.74 Å². The van der Waals surface area contributed by atoms with Crippen LogP contribution in [0.5, 0.6) is 0 Å². The van der Waals surface area contributed by atoms with Gasteiger partial charge in [-0.05, 0) is 25.0 Å². The number of hydrogen-bond acceptors (Lipinski definition) is 3. The lowest BCUT2D eigenvalue weighted by molar-refractivity contribution is -0.144. The number of carbonyl (C=O) groups excluding carboxylic acids is 2. The Morgan fingerprint density at radius 3 is 2.56 bits per heavy atom. The van der Waals surface area contributed by atoms with Gasteiger partial charge in [-0.25, -0.2) is 0 Å². The fourth-order valence-corrected chi connectivity index (χ4v) is 1.81. The number of esters is 1. The van der Waals surface area contributed by atoms with E-state index in [9.17, 15) is 9.59 Å². The number of ether oxygens (including phenoxy) is 1. The molecule has 4 heteroatoms. The quantitative estimate of drug-likeness (QED) is 0.714. The van der Waals surface area contributed by atoms with Gasteiger partial charge >= 0.3 is 5.97 Å². The van der Waals surface area contributed by atoms with Gasteiger partial charge in [-0.1, -0.05) is 29.8 Å². The molecule has 0 spiro atoms. The highest BCUT2D eigenvalue weighted by molar-refractivity contribution is 6.31. The SMILES string of the molecule is CCOC(=O)CCC(=O)CCc1ccccc1Cl. The Bertz CT molecular complexity index is 415. The van der Waals surface area contributed by atoms with E-state index in [0.717, 1.165) is 5.56 Å². The summed E-state index contributed by atoms with van der Waals surface area (Å²) in [6.45, 7) is 2.10. The van der Waals surface area contributed by atoms with E-state index in [1.165, 1.54) is 0 Å². The van der Waals surface area contributed by atoms with Gasteiger partial charge in [-0.3, -0.25) is 9.59 Å². The molecular weight excluding hydrogens is 252 g/mol. The number of rotatable bonds is 7. The summed E-state index contributed by atoms with van der Waals surface area (Å²) in [7, 11) is 0. The number of aryl methyl sites for hydroxylation is 1. The van der Waals surface area contributed by atoms with Gasteiger partial charge in [0.05, 0.1) is 13.0 Å². The van der Waals surface area contributed by atoms with Crippen LogP contribution in [-0.4, -0.2) is 18.4 Å². The van der Waals surface area contributed by atoms with Crippen molar-refractivity contribution in [1.82, 2.24) is 0 Å². The Hall–Kier alpha value is -1.35. The lowest BCUT2D eigenvalue weighted by atomic mass is 10.1. The van der Waals surface area contributed by atoms with Crippen LogP contribution in [0.4, 0.5) is 0 Å². The molecule has 0 N–H and O–H groups in total. The zero-order chi connectivity index (χ0) is 13.4. The van der Waals surface area contributed by atoms with E-state index in [-0.39, 0.29) is 24.6 Å². The molecule has 1 aromatic rings. The third-order valence-corrected chi connectivity index (χ3v) is 2.91. The van der Waals surface area contributed by atoms with Crippen LogP contribution in [0.3, 0.4) is 0 Å². The van der Waals surface area contributed by atoms with Crippen LogP contribution in [0.25, 0.3) is 0 Å². The minimum atomic E-state index is -0.316. The molecule has 0 bridgehead atoms. The maximum absolute atomic E-state index is 11.6. The predicted molar refractivity (Wildman–Crippen MR) is 70.6 cm³/mol. The van der Waals surface area contributed by atoms with Crippen LogP contribution >= 0.6 is 11.6 Å². The van der Waals surface area contributed by atoms with E-state index in [1.807, 2.05) is 18.2 Å². The average molecular weight is 269 g/mol. The Morgan fingerprint density at radius 1 is 1.17 bits per heavy atom. The second kappa shape index (κ2) is 7.88. The van der Waals surface area contributed by atoms with Gasteiger partial charge in [0.2, 0.25) is 0 Å². The van der Waals surface area contributed by atoms with Gasteiger partial charge in [-0.15, -0.1) is 0 Å². The highest BCUT2D eigenvalue weighted by Gasteiger charge is 2.08. The number of carbonyl (C=O) groups is 2. The first-order valence-electron chi connectivity index (χ1n) is 6.04. The summed E-state index contributed by atoms with van der Waals surface area (Å²) in [4.78, 5) is 22.7. The third kappa shape index (κ3) is 5.32. The van der Waals surface area contributed by atoms with Crippen molar-refractivity contribution in [2.45, 2.75) is 32.6 Å². The first-order chi connectivity index (χ1) is 8.63. The van der Waals surface area contributed by atoms with E-state index in [0.29, 0.717) is 24.5 Å². The predicted octanol–water partition coefficient (Wildman–Crippen LogP) is 3.19. The molecule has 0 unspecified atom stereocenters. The second-order valence-electron chi connectivity index (χ2n) is 3.94. The number of Topliss-reactive ketones (excluding diaryl/α,β-unsaturated/α-hetero) is 1. The molecule has 1 rings (SSSR count). The van der Waals surface area contributed by atoms with Crippen LogP contribution < -0.4 is 0 Å². The molecule has 0 heterocycles. The smallest absolute Gasteiger partial charge is 0.306 e. The summed E-state index contributed by atoms with van der Waals surface area (Å²) in [5, 5.41) is 0.677. The largest absolute Gasteiger partial charge is 0.466 e. The molecule has 0 radical (unpaired) electrons. The van der Waals surface area contributed by atoms with Gasteiger partial charge in [0.15, 0.2) is 0 Å². The molecule has 0 aliphatic rings. The van der Waals surface area contributed by atoms with Crippen molar-refractivity contribution in [2.24, 2.45) is 0 Å². The zero-order valence-corrected chi connectivity index (χ0v) is 11.2. The van der Waals surface area contributed by atoms with Crippen molar-refractivity contribution in [3.05, 3.63) is 34.9 Å². The van der Waals surface area contributed by atoms with Crippen molar-refractivity contribution in [3.8, 4) is 0 Å². The molecule has 0 saturated heterocycles. The molecule has 98 valence electrons. The lowest BCUT2D eigenvalue weighted by Crippen LogP contribution is -2.08. The minimum Gasteiger partial charge on any atom is -0.466 e. The summed E-state index contributed by atoms with van der Waals surface area (Å²) in [5.74, 6) is -0.258. The summed E-state index contributed by atoms with van der Waals surface area (Å²) >= 11 is 5.99. The fourth-order valence-electron chi connectivity index (χ4n) is 1.57. The summed E-state index contributed by atoms with van der Waals surface area (Å²) in [5.41, 5.74) is 0.962. The van der Waals surface area contributed by atoms with Crippen LogP contribution in [0, 0.1) is 0 Å². The van der Waals surface area contributed by atoms with Gasteiger partial charge in [0.25, 0.3) is 0 Å². The van der Waals surface area contributed by atoms with Crippen molar-refractivity contribution in [3.63, 3.8) is 0 Å². The highest BCUT2D eigenvalue weighted by Crippen LogP contribution is 2.17. The molecule has 0 atom stereocenters. The fraction of sp³-hybridized carbons (Fsp3) is 0.429. The molecular formula is C14H17ClO3. The maximum Gasteiger partial charge on any atom is 0.306 e. The van der Waals surface area contributed by atoms with Crippen molar-refractivity contribution >= 4 is 23.4 Å².